The van der Waals surface area contributed by atoms with Crippen molar-refractivity contribution >= 4 is 34.6 Å². The number of halogens is 1. The Morgan fingerprint density at radius 3 is 3.00 bits per heavy atom. The monoisotopic (exact) mass is 268 g/mol. The van der Waals surface area contributed by atoms with E-state index in [2.05, 4.69) is 4.98 Å². The molecule has 0 saturated carbocycles. The molecule has 0 saturated heterocycles. The van der Waals surface area contributed by atoms with Crippen LogP contribution < -0.4 is 5.73 Å². The van der Waals surface area contributed by atoms with Gasteiger partial charge in [0.15, 0.2) is 0 Å². The zero-order valence-corrected chi connectivity index (χ0v) is 10.3. The van der Waals surface area contributed by atoms with Crippen LogP contribution in [0.1, 0.15) is 15.4 Å². The second kappa shape index (κ2) is 5.16. The van der Waals surface area contributed by atoms with Gasteiger partial charge in [0, 0.05) is 11.6 Å². The van der Waals surface area contributed by atoms with E-state index in [1.165, 1.54) is 17.4 Å². The number of anilines is 1. The first-order valence-electron chi connectivity index (χ1n) is 4.77. The van der Waals surface area contributed by atoms with E-state index in [0.29, 0.717) is 16.3 Å². The van der Waals surface area contributed by atoms with Gasteiger partial charge < -0.3 is 10.5 Å². The van der Waals surface area contributed by atoms with Crippen molar-refractivity contribution < 1.29 is 9.53 Å². The maximum Gasteiger partial charge on any atom is 0.338 e. The summed E-state index contributed by atoms with van der Waals surface area (Å²) in [5, 5.41) is 2.99. The van der Waals surface area contributed by atoms with Crippen molar-refractivity contribution in [1.29, 1.82) is 0 Å². The van der Waals surface area contributed by atoms with Gasteiger partial charge in [0.05, 0.1) is 16.3 Å². The van der Waals surface area contributed by atoms with Gasteiger partial charge in [0.1, 0.15) is 11.6 Å². The van der Waals surface area contributed by atoms with Gasteiger partial charge in [-0.25, -0.2) is 9.78 Å². The minimum atomic E-state index is -0.441. The molecule has 4 nitrogen and oxygen atoms in total. The number of esters is 1. The van der Waals surface area contributed by atoms with Crippen molar-refractivity contribution in [1.82, 2.24) is 4.98 Å². The predicted octanol–water partition coefficient (Wildman–Crippen LogP) is 2.74. The molecule has 0 atom stereocenters. The molecule has 2 rings (SSSR count). The van der Waals surface area contributed by atoms with Crippen LogP contribution in [0.15, 0.2) is 29.8 Å². The molecule has 0 bridgehead atoms. The van der Waals surface area contributed by atoms with E-state index in [-0.39, 0.29) is 6.61 Å². The van der Waals surface area contributed by atoms with Gasteiger partial charge in [0.25, 0.3) is 0 Å². The van der Waals surface area contributed by atoms with Crippen LogP contribution in [0.5, 0.6) is 0 Å². The van der Waals surface area contributed by atoms with Gasteiger partial charge in [-0.05, 0) is 18.2 Å². The number of nitrogens with zero attached hydrogens (tertiary/aromatic N) is 1. The van der Waals surface area contributed by atoms with Crippen LogP contribution >= 0.6 is 22.9 Å². The number of hydrogen-bond donors (Lipinski definition) is 1. The largest absolute Gasteiger partial charge is 0.455 e. The Bertz CT molecular complexity index is 528. The fraction of sp³-hybridized carbons (Fsp3) is 0.0909. The van der Waals surface area contributed by atoms with Crippen LogP contribution in [-0.2, 0) is 11.3 Å². The SMILES string of the molecule is Nc1cc(C(=O)OCc2nccs2)ccc1Cl. The van der Waals surface area contributed by atoms with Crippen LogP contribution in [-0.4, -0.2) is 11.0 Å². The summed E-state index contributed by atoms with van der Waals surface area (Å²) in [4.78, 5) is 15.7. The van der Waals surface area contributed by atoms with Crippen LogP contribution in [0.3, 0.4) is 0 Å². The average molecular weight is 269 g/mol. The first kappa shape index (κ1) is 11.9. The maximum atomic E-state index is 11.7. The molecular formula is C11H9ClN2O2S. The lowest BCUT2D eigenvalue weighted by atomic mass is 10.2. The summed E-state index contributed by atoms with van der Waals surface area (Å²) in [7, 11) is 0. The molecule has 6 heteroatoms. The van der Waals surface area contributed by atoms with Gasteiger partial charge in [-0.3, -0.25) is 0 Å². The third kappa shape index (κ3) is 2.95. The molecule has 1 heterocycles. The number of benzene rings is 1. The average Bonchev–Trinajstić information content (AvgIpc) is 2.82. The summed E-state index contributed by atoms with van der Waals surface area (Å²) >= 11 is 7.19. The summed E-state index contributed by atoms with van der Waals surface area (Å²) in [5.74, 6) is -0.441. The molecule has 1 aromatic carbocycles. The molecule has 0 fully saturated rings. The Morgan fingerprint density at radius 2 is 2.35 bits per heavy atom. The van der Waals surface area contributed by atoms with Crippen molar-refractivity contribution in [2.24, 2.45) is 0 Å². The first-order chi connectivity index (χ1) is 8.16. The Hall–Kier alpha value is -1.59. The molecule has 88 valence electrons. The Morgan fingerprint density at radius 1 is 1.53 bits per heavy atom. The van der Waals surface area contributed by atoms with Crippen molar-refractivity contribution in [3.8, 4) is 0 Å². The highest BCUT2D eigenvalue weighted by Gasteiger charge is 2.09. The van der Waals surface area contributed by atoms with Gasteiger partial charge in [0.2, 0.25) is 0 Å². The molecule has 0 aliphatic carbocycles. The zero-order chi connectivity index (χ0) is 12.3. The fourth-order valence-electron chi connectivity index (χ4n) is 1.21. The molecule has 0 aliphatic rings. The number of thiazole rings is 1. The van der Waals surface area contributed by atoms with Crippen molar-refractivity contribution in [2.45, 2.75) is 6.61 Å². The minimum Gasteiger partial charge on any atom is -0.455 e. The summed E-state index contributed by atoms with van der Waals surface area (Å²) in [6.45, 7) is 0.166. The minimum absolute atomic E-state index is 0.166. The topological polar surface area (TPSA) is 65.2 Å². The number of carbonyl (C=O) groups excluding carboxylic acids is 1. The highest BCUT2D eigenvalue weighted by molar-refractivity contribution is 7.09. The summed E-state index contributed by atoms with van der Waals surface area (Å²) < 4.78 is 5.08. The molecule has 1 aromatic heterocycles. The van der Waals surface area contributed by atoms with E-state index in [4.69, 9.17) is 22.1 Å². The number of hydrogen-bond acceptors (Lipinski definition) is 5. The van der Waals surface area contributed by atoms with E-state index in [0.717, 1.165) is 5.01 Å². The smallest absolute Gasteiger partial charge is 0.338 e. The number of aromatic nitrogens is 1. The first-order valence-corrected chi connectivity index (χ1v) is 6.03. The van der Waals surface area contributed by atoms with E-state index in [1.807, 2.05) is 5.38 Å². The van der Waals surface area contributed by atoms with E-state index in [1.54, 1.807) is 18.3 Å². The quantitative estimate of drug-likeness (QED) is 0.687. The number of nitrogen functional groups attached to an aromatic ring is 1. The Balaban J connectivity index is 2.02. The van der Waals surface area contributed by atoms with E-state index >= 15 is 0 Å². The van der Waals surface area contributed by atoms with Gasteiger partial charge in [-0.1, -0.05) is 11.6 Å². The zero-order valence-electron chi connectivity index (χ0n) is 8.72. The maximum absolute atomic E-state index is 11.7. The summed E-state index contributed by atoms with van der Waals surface area (Å²) in [5.41, 5.74) is 6.33. The molecule has 17 heavy (non-hydrogen) atoms. The standard InChI is InChI=1S/C11H9ClN2O2S/c12-8-2-1-7(5-9(8)13)11(15)16-6-10-14-3-4-17-10/h1-5H,6,13H2. The third-order valence-electron chi connectivity index (χ3n) is 2.04. The van der Waals surface area contributed by atoms with Crippen molar-refractivity contribution in [2.75, 3.05) is 5.73 Å². The number of rotatable bonds is 3. The molecule has 0 spiro atoms. The van der Waals surface area contributed by atoms with Crippen molar-refractivity contribution in [3.63, 3.8) is 0 Å². The Kier molecular flexibility index (Phi) is 3.61. The normalized spacial score (nSPS) is 10.2. The molecule has 2 aromatic rings. The van der Waals surface area contributed by atoms with Crippen LogP contribution in [0.2, 0.25) is 5.02 Å². The number of ether oxygens (including phenoxy) is 1. The molecule has 0 aliphatic heterocycles. The number of carbonyl (C=O) groups is 1. The number of nitrogens with two attached hydrogens (primary N) is 1. The van der Waals surface area contributed by atoms with Crippen molar-refractivity contribution in [3.05, 3.63) is 45.4 Å². The predicted molar refractivity (Wildman–Crippen MR) is 67.1 cm³/mol. The summed E-state index contributed by atoms with van der Waals surface area (Å²) in [6.07, 6.45) is 1.66. The molecule has 0 radical (unpaired) electrons. The van der Waals surface area contributed by atoms with Gasteiger partial charge in [-0.2, -0.15) is 0 Å². The second-order valence-corrected chi connectivity index (χ2v) is 4.62. The lowest BCUT2D eigenvalue weighted by Crippen LogP contribution is -2.05. The molecule has 0 amide bonds. The van der Waals surface area contributed by atoms with Gasteiger partial charge >= 0.3 is 5.97 Å². The van der Waals surface area contributed by atoms with Crippen LogP contribution in [0, 0.1) is 0 Å². The third-order valence-corrected chi connectivity index (χ3v) is 3.14. The Labute approximate surface area is 107 Å². The van der Waals surface area contributed by atoms with Crippen LogP contribution in [0.25, 0.3) is 0 Å². The fourth-order valence-corrected chi connectivity index (χ4v) is 1.85. The van der Waals surface area contributed by atoms with E-state index in [9.17, 15) is 4.79 Å². The highest BCUT2D eigenvalue weighted by atomic mass is 35.5. The highest BCUT2D eigenvalue weighted by Crippen LogP contribution is 2.20. The second-order valence-electron chi connectivity index (χ2n) is 3.24. The lowest BCUT2D eigenvalue weighted by Gasteiger charge is -2.04. The van der Waals surface area contributed by atoms with E-state index < -0.39 is 5.97 Å². The molecular weight excluding hydrogens is 260 g/mol. The van der Waals surface area contributed by atoms with Gasteiger partial charge in [-0.15, -0.1) is 11.3 Å². The lowest BCUT2D eigenvalue weighted by molar-refractivity contribution is 0.0472. The van der Waals surface area contributed by atoms with Crippen LogP contribution in [0.4, 0.5) is 5.69 Å². The molecule has 0 unspecified atom stereocenters. The summed E-state index contributed by atoms with van der Waals surface area (Å²) in [6, 6.07) is 4.63. The molecule has 2 N–H and O–H groups in total.